The lowest BCUT2D eigenvalue weighted by atomic mass is 9.95. The Labute approximate surface area is 127 Å². The van der Waals surface area contributed by atoms with Crippen LogP contribution in [0.25, 0.3) is 0 Å². The molecule has 110 valence electrons. The SMILES string of the molecule is c1ccc(SCCN2CCCCC2C2CCCN2)cc1. The van der Waals surface area contributed by atoms with Gasteiger partial charge >= 0.3 is 0 Å². The van der Waals surface area contributed by atoms with E-state index in [4.69, 9.17) is 0 Å². The molecule has 2 fully saturated rings. The third-order valence-corrected chi connectivity index (χ3v) is 5.61. The second-order valence-corrected chi connectivity index (χ2v) is 7.13. The smallest absolute Gasteiger partial charge is 0.0249 e. The Kier molecular flexibility index (Phi) is 5.40. The summed E-state index contributed by atoms with van der Waals surface area (Å²) in [5.74, 6) is 1.22. The molecule has 2 aliphatic rings. The van der Waals surface area contributed by atoms with Crippen molar-refractivity contribution in [1.29, 1.82) is 0 Å². The first-order valence-corrected chi connectivity index (χ1v) is 9.07. The molecule has 0 saturated carbocycles. The first kappa shape index (κ1) is 14.4. The number of hydrogen-bond acceptors (Lipinski definition) is 3. The molecule has 0 radical (unpaired) electrons. The molecule has 2 unspecified atom stereocenters. The summed E-state index contributed by atoms with van der Waals surface area (Å²) in [5, 5.41) is 3.72. The Morgan fingerprint density at radius 2 is 2.00 bits per heavy atom. The zero-order valence-electron chi connectivity index (χ0n) is 12.3. The second kappa shape index (κ2) is 7.48. The minimum absolute atomic E-state index is 0.761. The average Bonchev–Trinajstić information content (AvgIpc) is 3.03. The van der Waals surface area contributed by atoms with Gasteiger partial charge in [-0.15, -0.1) is 11.8 Å². The van der Waals surface area contributed by atoms with Crippen LogP contribution in [0.5, 0.6) is 0 Å². The van der Waals surface area contributed by atoms with Gasteiger partial charge in [-0.25, -0.2) is 0 Å². The highest BCUT2D eigenvalue weighted by molar-refractivity contribution is 7.99. The molecule has 0 aliphatic carbocycles. The monoisotopic (exact) mass is 290 g/mol. The fourth-order valence-corrected chi connectivity index (χ4v) is 4.50. The van der Waals surface area contributed by atoms with E-state index in [0.717, 1.165) is 12.1 Å². The maximum atomic E-state index is 3.72. The zero-order valence-corrected chi connectivity index (χ0v) is 13.1. The second-order valence-electron chi connectivity index (χ2n) is 5.96. The molecule has 0 amide bonds. The first-order chi connectivity index (χ1) is 9.93. The Balaban J connectivity index is 1.49. The normalized spacial score (nSPS) is 27.8. The predicted octanol–water partition coefficient (Wildman–Crippen LogP) is 3.39. The highest BCUT2D eigenvalue weighted by Gasteiger charge is 2.30. The van der Waals surface area contributed by atoms with Crippen molar-refractivity contribution in [2.24, 2.45) is 0 Å². The third-order valence-electron chi connectivity index (χ3n) is 4.62. The van der Waals surface area contributed by atoms with Crippen molar-refractivity contribution < 1.29 is 0 Å². The van der Waals surface area contributed by atoms with Crippen LogP contribution in [-0.4, -0.2) is 42.4 Å². The van der Waals surface area contributed by atoms with Crippen LogP contribution in [0.15, 0.2) is 35.2 Å². The maximum Gasteiger partial charge on any atom is 0.0249 e. The topological polar surface area (TPSA) is 15.3 Å². The molecule has 2 aliphatic heterocycles. The summed E-state index contributed by atoms with van der Waals surface area (Å²) in [6.07, 6.45) is 6.96. The van der Waals surface area contributed by atoms with Crippen molar-refractivity contribution in [2.75, 3.05) is 25.4 Å². The van der Waals surface area contributed by atoms with Crippen LogP contribution in [0.2, 0.25) is 0 Å². The minimum atomic E-state index is 0.761. The van der Waals surface area contributed by atoms with Gasteiger partial charge in [-0.3, -0.25) is 4.90 Å². The van der Waals surface area contributed by atoms with Crippen molar-refractivity contribution in [2.45, 2.75) is 49.1 Å². The van der Waals surface area contributed by atoms with E-state index in [-0.39, 0.29) is 0 Å². The van der Waals surface area contributed by atoms with Crippen molar-refractivity contribution in [3.63, 3.8) is 0 Å². The molecule has 1 aromatic carbocycles. The maximum absolute atomic E-state index is 3.72. The Morgan fingerprint density at radius 3 is 2.80 bits per heavy atom. The highest BCUT2D eigenvalue weighted by Crippen LogP contribution is 2.25. The van der Waals surface area contributed by atoms with Crippen molar-refractivity contribution in [3.05, 3.63) is 30.3 Å². The van der Waals surface area contributed by atoms with Crippen molar-refractivity contribution in [1.82, 2.24) is 10.2 Å². The summed E-state index contributed by atoms with van der Waals surface area (Å²) in [7, 11) is 0. The number of thioether (sulfide) groups is 1. The van der Waals surface area contributed by atoms with Gasteiger partial charge in [-0.05, 0) is 50.9 Å². The van der Waals surface area contributed by atoms with Gasteiger partial charge in [0.05, 0.1) is 0 Å². The van der Waals surface area contributed by atoms with Crippen LogP contribution in [0.3, 0.4) is 0 Å². The van der Waals surface area contributed by atoms with Crippen LogP contribution in [0.1, 0.15) is 32.1 Å². The van der Waals surface area contributed by atoms with E-state index in [1.807, 2.05) is 11.8 Å². The van der Waals surface area contributed by atoms with Gasteiger partial charge in [0.2, 0.25) is 0 Å². The summed E-state index contributed by atoms with van der Waals surface area (Å²) < 4.78 is 0. The Bertz CT molecular complexity index is 389. The molecule has 20 heavy (non-hydrogen) atoms. The summed E-state index contributed by atoms with van der Waals surface area (Å²) in [6.45, 7) is 3.77. The first-order valence-electron chi connectivity index (χ1n) is 8.09. The molecule has 3 heteroatoms. The number of nitrogens with one attached hydrogen (secondary N) is 1. The van der Waals surface area contributed by atoms with E-state index in [2.05, 4.69) is 40.5 Å². The quantitative estimate of drug-likeness (QED) is 0.837. The summed E-state index contributed by atoms with van der Waals surface area (Å²) in [4.78, 5) is 4.16. The van der Waals surface area contributed by atoms with Gasteiger partial charge < -0.3 is 5.32 Å². The van der Waals surface area contributed by atoms with Gasteiger partial charge in [0.15, 0.2) is 0 Å². The van der Waals surface area contributed by atoms with E-state index in [9.17, 15) is 0 Å². The Hall–Kier alpha value is -0.510. The van der Waals surface area contributed by atoms with Crippen LogP contribution in [0, 0.1) is 0 Å². The number of hydrogen-bond donors (Lipinski definition) is 1. The van der Waals surface area contributed by atoms with Crippen LogP contribution >= 0.6 is 11.8 Å². The standard InChI is InChI=1S/C17H26N2S/c1-2-7-15(8-3-1)20-14-13-19-12-5-4-10-17(19)16-9-6-11-18-16/h1-3,7-8,16-18H,4-6,9-14H2. The predicted molar refractivity (Wildman–Crippen MR) is 87.4 cm³/mol. The molecule has 0 aromatic heterocycles. The van der Waals surface area contributed by atoms with Crippen LogP contribution in [0.4, 0.5) is 0 Å². The van der Waals surface area contributed by atoms with Crippen LogP contribution in [-0.2, 0) is 0 Å². The molecular formula is C17H26N2S. The molecule has 1 N–H and O–H groups in total. The van der Waals surface area contributed by atoms with E-state index >= 15 is 0 Å². The van der Waals surface area contributed by atoms with E-state index < -0.39 is 0 Å². The summed E-state index contributed by atoms with van der Waals surface area (Å²) in [6, 6.07) is 12.4. The molecular weight excluding hydrogens is 264 g/mol. The highest BCUT2D eigenvalue weighted by atomic mass is 32.2. The Morgan fingerprint density at radius 1 is 1.10 bits per heavy atom. The molecule has 3 rings (SSSR count). The van der Waals surface area contributed by atoms with E-state index in [1.54, 1.807) is 0 Å². The lowest BCUT2D eigenvalue weighted by Crippen LogP contribution is -2.50. The summed E-state index contributed by atoms with van der Waals surface area (Å²) >= 11 is 2.00. The molecule has 1 aromatic rings. The number of benzene rings is 1. The molecule has 0 bridgehead atoms. The number of nitrogens with zero attached hydrogens (tertiary/aromatic N) is 1. The lowest BCUT2D eigenvalue weighted by molar-refractivity contribution is 0.128. The third kappa shape index (κ3) is 3.78. The van der Waals surface area contributed by atoms with Crippen LogP contribution < -0.4 is 5.32 Å². The largest absolute Gasteiger partial charge is 0.312 e. The van der Waals surface area contributed by atoms with Crippen molar-refractivity contribution >= 4 is 11.8 Å². The average molecular weight is 290 g/mol. The minimum Gasteiger partial charge on any atom is -0.312 e. The van der Waals surface area contributed by atoms with Gasteiger partial charge in [0.25, 0.3) is 0 Å². The fourth-order valence-electron chi connectivity index (χ4n) is 3.59. The number of piperidine rings is 1. The van der Waals surface area contributed by atoms with Gasteiger partial charge in [0.1, 0.15) is 0 Å². The molecule has 2 nitrogen and oxygen atoms in total. The fraction of sp³-hybridized carbons (Fsp3) is 0.647. The number of likely N-dealkylation sites (tertiary alicyclic amines) is 1. The van der Waals surface area contributed by atoms with Crippen molar-refractivity contribution in [3.8, 4) is 0 Å². The zero-order chi connectivity index (χ0) is 13.6. The van der Waals surface area contributed by atoms with Gasteiger partial charge in [-0.1, -0.05) is 24.6 Å². The summed E-state index contributed by atoms with van der Waals surface area (Å²) in [5.41, 5.74) is 0. The molecule has 0 spiro atoms. The molecule has 2 heterocycles. The molecule has 2 saturated heterocycles. The van der Waals surface area contributed by atoms with Gasteiger partial charge in [-0.2, -0.15) is 0 Å². The number of rotatable bonds is 5. The molecule has 2 atom stereocenters. The van der Waals surface area contributed by atoms with E-state index in [1.165, 1.54) is 62.4 Å². The van der Waals surface area contributed by atoms with Gasteiger partial charge in [0, 0.05) is 29.3 Å². The lowest BCUT2D eigenvalue weighted by Gasteiger charge is -2.39. The van der Waals surface area contributed by atoms with E-state index in [0.29, 0.717) is 0 Å².